The quantitative estimate of drug-likeness (QED) is 0.702. The zero-order valence-electron chi connectivity index (χ0n) is 16.0. The molecule has 0 radical (unpaired) electrons. The molecule has 0 atom stereocenters. The highest BCUT2D eigenvalue weighted by molar-refractivity contribution is 5.80. The molecule has 2 rings (SSSR count). The highest BCUT2D eigenvalue weighted by Gasteiger charge is 2.43. The summed E-state index contributed by atoms with van der Waals surface area (Å²) in [6.07, 6.45) is 10.8. The summed E-state index contributed by atoms with van der Waals surface area (Å²) < 4.78 is 0. The Hall–Kier alpha value is -0.830. The second-order valence-electron chi connectivity index (χ2n) is 8.61. The van der Waals surface area contributed by atoms with Gasteiger partial charge in [-0.3, -0.25) is 9.69 Å². The van der Waals surface area contributed by atoms with E-state index in [0.29, 0.717) is 12.5 Å². The third-order valence-corrected chi connectivity index (χ3v) is 5.31. The van der Waals surface area contributed by atoms with Gasteiger partial charge >= 0.3 is 0 Å². The molecule has 0 aromatic heterocycles. The largest absolute Gasteiger partial charge is 0.328 e. The average Bonchev–Trinajstić information content (AvgIpc) is 2.43. The zero-order valence-corrected chi connectivity index (χ0v) is 16.0. The van der Waals surface area contributed by atoms with E-state index < -0.39 is 0 Å². The first-order valence-corrected chi connectivity index (χ1v) is 9.52. The molecule has 0 saturated carbocycles. The fourth-order valence-corrected chi connectivity index (χ4v) is 4.63. The van der Waals surface area contributed by atoms with Gasteiger partial charge in [-0.1, -0.05) is 31.4 Å². The van der Waals surface area contributed by atoms with Crippen LogP contribution in [0.25, 0.3) is 0 Å². The highest BCUT2D eigenvalue weighted by Crippen LogP contribution is 2.39. The second-order valence-corrected chi connectivity index (χ2v) is 8.61. The predicted molar refractivity (Wildman–Crippen MR) is 97.5 cm³/mol. The first kappa shape index (κ1) is 18.5. The summed E-state index contributed by atoms with van der Waals surface area (Å²) in [6.45, 7) is 13.9. The predicted octanol–water partition coefficient (Wildman–Crippen LogP) is 4.38. The summed E-state index contributed by atoms with van der Waals surface area (Å²) in [5, 5.41) is 0. The van der Waals surface area contributed by atoms with Crippen molar-refractivity contribution >= 4 is 5.91 Å². The maximum absolute atomic E-state index is 13.1. The number of piperidine rings is 1. The van der Waals surface area contributed by atoms with Crippen molar-refractivity contribution in [3.63, 3.8) is 0 Å². The van der Waals surface area contributed by atoms with Crippen molar-refractivity contribution in [1.82, 2.24) is 9.80 Å². The van der Waals surface area contributed by atoms with Gasteiger partial charge in [0.2, 0.25) is 5.91 Å². The van der Waals surface area contributed by atoms with Crippen molar-refractivity contribution in [3.05, 3.63) is 11.6 Å². The lowest BCUT2D eigenvalue weighted by Gasteiger charge is -2.52. The average molecular weight is 321 g/mol. The molecule has 0 bridgehead atoms. The lowest BCUT2D eigenvalue weighted by atomic mass is 9.79. The van der Waals surface area contributed by atoms with Crippen LogP contribution in [0.5, 0.6) is 0 Å². The Bertz CT molecular complexity index is 445. The van der Waals surface area contributed by atoms with E-state index in [4.69, 9.17) is 0 Å². The van der Waals surface area contributed by atoms with Gasteiger partial charge in [0.15, 0.2) is 0 Å². The van der Waals surface area contributed by atoms with Crippen LogP contribution in [0.15, 0.2) is 11.6 Å². The molecular weight excluding hydrogens is 284 g/mol. The molecule has 1 fully saturated rings. The van der Waals surface area contributed by atoms with E-state index in [9.17, 15) is 4.79 Å². The molecule has 2 aliphatic heterocycles. The molecule has 0 aromatic rings. The number of carbonyl (C=O) groups excluding carboxylic acids is 1. The van der Waals surface area contributed by atoms with Gasteiger partial charge in [-0.05, 0) is 72.9 Å². The van der Waals surface area contributed by atoms with Crippen LogP contribution in [0.2, 0.25) is 0 Å². The smallest absolute Gasteiger partial charge is 0.237 e. The summed E-state index contributed by atoms with van der Waals surface area (Å²) in [5.74, 6) is 0.299. The maximum atomic E-state index is 13.1. The minimum atomic E-state index is -0.183. The van der Waals surface area contributed by atoms with Crippen molar-refractivity contribution < 1.29 is 4.79 Å². The number of rotatable bonds is 5. The Balaban J connectivity index is 2.12. The molecule has 0 aliphatic carbocycles. The maximum Gasteiger partial charge on any atom is 0.237 e. The fraction of sp³-hybridized carbons (Fsp3) is 0.850. The SMILES string of the molecule is CCCCC1=CC(C)(C)N(C(=O)CN2CCCCC2)C(C)(C)C1. The summed E-state index contributed by atoms with van der Waals surface area (Å²) in [7, 11) is 0. The van der Waals surface area contributed by atoms with Gasteiger partial charge in [0.1, 0.15) is 0 Å². The number of likely N-dealkylation sites (tertiary alicyclic amines) is 1. The summed E-state index contributed by atoms with van der Waals surface area (Å²) in [4.78, 5) is 17.6. The van der Waals surface area contributed by atoms with Crippen LogP contribution >= 0.6 is 0 Å². The van der Waals surface area contributed by atoms with Crippen LogP contribution in [0.1, 0.15) is 79.6 Å². The lowest BCUT2D eigenvalue weighted by molar-refractivity contribution is -0.144. The molecule has 3 nitrogen and oxygen atoms in total. The van der Waals surface area contributed by atoms with Crippen LogP contribution in [0.3, 0.4) is 0 Å². The number of hydrogen-bond acceptors (Lipinski definition) is 2. The molecule has 23 heavy (non-hydrogen) atoms. The van der Waals surface area contributed by atoms with Crippen LogP contribution in [-0.4, -0.2) is 46.4 Å². The van der Waals surface area contributed by atoms with Crippen molar-refractivity contribution in [2.24, 2.45) is 0 Å². The van der Waals surface area contributed by atoms with Gasteiger partial charge in [0, 0.05) is 5.54 Å². The van der Waals surface area contributed by atoms with Crippen molar-refractivity contribution in [3.8, 4) is 0 Å². The number of carbonyl (C=O) groups is 1. The van der Waals surface area contributed by atoms with Crippen molar-refractivity contribution in [1.29, 1.82) is 0 Å². The van der Waals surface area contributed by atoms with E-state index in [1.165, 1.54) is 44.1 Å². The number of amides is 1. The minimum absolute atomic E-state index is 0.0891. The Morgan fingerprint density at radius 2 is 1.78 bits per heavy atom. The normalized spacial score (nSPS) is 24.4. The van der Waals surface area contributed by atoms with E-state index in [1.54, 1.807) is 0 Å². The van der Waals surface area contributed by atoms with Crippen LogP contribution in [0.4, 0.5) is 0 Å². The van der Waals surface area contributed by atoms with Crippen molar-refractivity contribution in [2.75, 3.05) is 19.6 Å². The van der Waals surface area contributed by atoms with E-state index in [-0.39, 0.29) is 11.1 Å². The molecule has 1 amide bonds. The molecule has 0 spiro atoms. The second kappa shape index (κ2) is 7.38. The number of nitrogens with zero attached hydrogens (tertiary/aromatic N) is 2. The van der Waals surface area contributed by atoms with Gasteiger partial charge < -0.3 is 4.90 Å². The highest BCUT2D eigenvalue weighted by atomic mass is 16.2. The van der Waals surface area contributed by atoms with E-state index in [2.05, 4.69) is 50.5 Å². The fourth-order valence-electron chi connectivity index (χ4n) is 4.63. The van der Waals surface area contributed by atoms with E-state index >= 15 is 0 Å². The Kier molecular flexibility index (Phi) is 5.94. The van der Waals surface area contributed by atoms with Gasteiger partial charge in [-0.25, -0.2) is 0 Å². The zero-order chi connectivity index (χ0) is 17.1. The summed E-state index contributed by atoms with van der Waals surface area (Å²) >= 11 is 0. The van der Waals surface area contributed by atoms with Crippen LogP contribution in [0, 0.1) is 0 Å². The molecule has 3 heteroatoms. The van der Waals surface area contributed by atoms with E-state index in [1.807, 2.05) is 0 Å². The summed E-state index contributed by atoms with van der Waals surface area (Å²) in [5.41, 5.74) is 1.26. The van der Waals surface area contributed by atoms with E-state index in [0.717, 1.165) is 19.5 Å². The van der Waals surface area contributed by atoms with Gasteiger partial charge in [0.05, 0.1) is 12.1 Å². The Morgan fingerprint density at radius 1 is 1.13 bits per heavy atom. The molecule has 0 aromatic carbocycles. The standard InChI is InChI=1S/C20H36N2O/c1-6-7-11-17-14-19(2,3)22(20(4,5)15-17)18(23)16-21-12-9-8-10-13-21/h14H,6-13,15-16H2,1-5H3. The molecule has 2 heterocycles. The Labute approximate surface area is 143 Å². The van der Waals surface area contributed by atoms with Crippen LogP contribution in [-0.2, 0) is 4.79 Å². The molecule has 1 saturated heterocycles. The number of hydrogen-bond donors (Lipinski definition) is 0. The van der Waals surface area contributed by atoms with Gasteiger partial charge in [0.25, 0.3) is 0 Å². The molecule has 0 N–H and O–H groups in total. The minimum Gasteiger partial charge on any atom is -0.328 e. The van der Waals surface area contributed by atoms with Crippen LogP contribution < -0.4 is 0 Å². The molecule has 132 valence electrons. The van der Waals surface area contributed by atoms with Gasteiger partial charge in [-0.2, -0.15) is 0 Å². The topological polar surface area (TPSA) is 23.6 Å². The first-order chi connectivity index (χ1) is 10.8. The molecule has 2 aliphatic rings. The Morgan fingerprint density at radius 3 is 2.35 bits per heavy atom. The number of unbranched alkanes of at least 4 members (excludes halogenated alkanes) is 1. The molecule has 0 unspecified atom stereocenters. The third-order valence-electron chi connectivity index (χ3n) is 5.31. The van der Waals surface area contributed by atoms with Gasteiger partial charge in [-0.15, -0.1) is 0 Å². The monoisotopic (exact) mass is 320 g/mol. The third kappa shape index (κ3) is 4.59. The van der Waals surface area contributed by atoms with Crippen molar-refractivity contribution in [2.45, 2.75) is 90.6 Å². The lowest BCUT2D eigenvalue weighted by Crippen LogP contribution is -2.62. The first-order valence-electron chi connectivity index (χ1n) is 9.52. The molecular formula is C20H36N2O. The summed E-state index contributed by atoms with van der Waals surface area (Å²) in [6, 6.07) is 0.